The lowest BCUT2D eigenvalue weighted by Crippen LogP contribution is -2.37. The summed E-state index contributed by atoms with van der Waals surface area (Å²) in [6, 6.07) is 6.69. The van der Waals surface area contributed by atoms with Gasteiger partial charge in [-0.05, 0) is 44.0 Å². The second kappa shape index (κ2) is 4.46. The fourth-order valence-electron chi connectivity index (χ4n) is 2.53. The summed E-state index contributed by atoms with van der Waals surface area (Å²) >= 11 is 5.99. The number of anilines is 1. The molecule has 1 aromatic rings. The van der Waals surface area contributed by atoms with Gasteiger partial charge in [0.2, 0.25) is 0 Å². The van der Waals surface area contributed by atoms with Crippen LogP contribution in [0.15, 0.2) is 18.2 Å². The van der Waals surface area contributed by atoms with Crippen LogP contribution in [0.4, 0.5) is 5.69 Å². The molecule has 0 radical (unpaired) electrons. The summed E-state index contributed by atoms with van der Waals surface area (Å²) in [5.41, 5.74) is 2.49. The number of rotatable bonds is 3. The van der Waals surface area contributed by atoms with Crippen molar-refractivity contribution in [3.05, 3.63) is 28.8 Å². The summed E-state index contributed by atoms with van der Waals surface area (Å²) in [7, 11) is 0. The van der Waals surface area contributed by atoms with Crippen molar-refractivity contribution in [3.8, 4) is 0 Å². The number of carbonyl (C=O) groups is 1. The third kappa shape index (κ3) is 1.94. The molecular formula is C13H16ClNO. The number of fused-ring (bicyclic) bond motifs is 1. The minimum absolute atomic E-state index is 0.297. The van der Waals surface area contributed by atoms with E-state index in [0.717, 1.165) is 17.7 Å². The molecule has 0 aliphatic carbocycles. The predicted octanol–water partition coefficient (Wildman–Crippen LogP) is 3.07. The highest BCUT2D eigenvalue weighted by molar-refractivity contribution is 6.30. The lowest BCUT2D eigenvalue weighted by atomic mass is 10.1. The van der Waals surface area contributed by atoms with Crippen molar-refractivity contribution in [2.45, 2.75) is 38.8 Å². The van der Waals surface area contributed by atoms with Crippen molar-refractivity contribution in [2.24, 2.45) is 0 Å². The molecule has 0 fully saturated rings. The predicted molar refractivity (Wildman–Crippen MR) is 67.2 cm³/mol. The van der Waals surface area contributed by atoms with Crippen molar-refractivity contribution in [1.29, 1.82) is 0 Å². The van der Waals surface area contributed by atoms with Crippen LogP contribution < -0.4 is 4.90 Å². The molecule has 86 valence electrons. The summed E-state index contributed by atoms with van der Waals surface area (Å²) in [6.45, 7) is 4.31. The maximum atomic E-state index is 10.7. The zero-order valence-corrected chi connectivity index (χ0v) is 10.4. The SMILES string of the molecule is CC(C)N1c2ccc(Cl)cc2CC1CC=O. The van der Waals surface area contributed by atoms with Crippen LogP contribution in [0.5, 0.6) is 0 Å². The molecule has 1 aliphatic heterocycles. The van der Waals surface area contributed by atoms with Gasteiger partial charge in [0, 0.05) is 29.2 Å². The second-order valence-corrected chi connectivity index (χ2v) is 4.97. The molecule has 1 aromatic carbocycles. The molecule has 0 saturated carbocycles. The van der Waals surface area contributed by atoms with Crippen molar-refractivity contribution >= 4 is 23.6 Å². The van der Waals surface area contributed by atoms with E-state index in [1.807, 2.05) is 12.1 Å². The lowest BCUT2D eigenvalue weighted by molar-refractivity contribution is -0.108. The number of aldehydes is 1. The maximum absolute atomic E-state index is 10.7. The molecule has 0 aromatic heterocycles. The third-order valence-corrected chi connectivity index (χ3v) is 3.33. The Morgan fingerprint density at radius 3 is 2.94 bits per heavy atom. The van der Waals surface area contributed by atoms with E-state index in [1.165, 1.54) is 11.3 Å². The van der Waals surface area contributed by atoms with E-state index in [0.29, 0.717) is 18.5 Å². The van der Waals surface area contributed by atoms with E-state index in [9.17, 15) is 4.79 Å². The number of hydrogen-bond donors (Lipinski definition) is 0. The quantitative estimate of drug-likeness (QED) is 0.753. The highest BCUT2D eigenvalue weighted by Crippen LogP contribution is 2.36. The van der Waals surface area contributed by atoms with Gasteiger partial charge in [-0.3, -0.25) is 0 Å². The van der Waals surface area contributed by atoms with Crippen LogP contribution >= 0.6 is 11.6 Å². The van der Waals surface area contributed by atoms with Crippen LogP contribution in [0.3, 0.4) is 0 Å². The summed E-state index contributed by atoms with van der Waals surface area (Å²) < 4.78 is 0. The Morgan fingerprint density at radius 2 is 2.31 bits per heavy atom. The highest BCUT2D eigenvalue weighted by atomic mass is 35.5. The lowest BCUT2D eigenvalue weighted by Gasteiger charge is -2.30. The highest BCUT2D eigenvalue weighted by Gasteiger charge is 2.30. The number of hydrogen-bond acceptors (Lipinski definition) is 2. The Bertz CT molecular complexity index is 403. The zero-order valence-electron chi connectivity index (χ0n) is 9.61. The molecule has 2 nitrogen and oxygen atoms in total. The van der Waals surface area contributed by atoms with Crippen molar-refractivity contribution in [1.82, 2.24) is 0 Å². The second-order valence-electron chi connectivity index (χ2n) is 4.53. The maximum Gasteiger partial charge on any atom is 0.122 e. The molecule has 0 saturated heterocycles. The van der Waals surface area contributed by atoms with E-state index in [2.05, 4.69) is 24.8 Å². The van der Waals surface area contributed by atoms with Gasteiger partial charge in [0.05, 0.1) is 0 Å². The van der Waals surface area contributed by atoms with Gasteiger partial charge in [0.25, 0.3) is 0 Å². The Balaban J connectivity index is 2.36. The first kappa shape index (κ1) is 11.5. The van der Waals surface area contributed by atoms with Crippen LogP contribution in [-0.2, 0) is 11.2 Å². The molecule has 1 aliphatic rings. The molecule has 1 atom stereocenters. The van der Waals surface area contributed by atoms with Crippen LogP contribution in [0.1, 0.15) is 25.8 Å². The van der Waals surface area contributed by atoms with E-state index >= 15 is 0 Å². The Labute approximate surface area is 101 Å². The largest absolute Gasteiger partial charge is 0.365 e. The minimum Gasteiger partial charge on any atom is -0.365 e. The van der Waals surface area contributed by atoms with Crippen LogP contribution in [0.2, 0.25) is 5.02 Å². The molecule has 1 unspecified atom stereocenters. The molecule has 0 bridgehead atoms. The first-order valence-corrected chi connectivity index (χ1v) is 6.01. The van der Waals surface area contributed by atoms with Crippen molar-refractivity contribution in [3.63, 3.8) is 0 Å². The van der Waals surface area contributed by atoms with E-state index in [-0.39, 0.29) is 0 Å². The average Bonchev–Trinajstić information content (AvgIpc) is 2.55. The van der Waals surface area contributed by atoms with Gasteiger partial charge < -0.3 is 9.69 Å². The van der Waals surface area contributed by atoms with Crippen LogP contribution in [-0.4, -0.2) is 18.4 Å². The van der Waals surface area contributed by atoms with Gasteiger partial charge in [0.15, 0.2) is 0 Å². The first-order chi connectivity index (χ1) is 7.63. The monoisotopic (exact) mass is 237 g/mol. The first-order valence-electron chi connectivity index (χ1n) is 5.64. The normalized spacial score (nSPS) is 19.0. The molecule has 0 spiro atoms. The van der Waals surface area contributed by atoms with Crippen molar-refractivity contribution in [2.75, 3.05) is 4.90 Å². The molecule has 0 amide bonds. The smallest absolute Gasteiger partial charge is 0.122 e. The summed E-state index contributed by atoms with van der Waals surface area (Å²) in [5, 5.41) is 0.772. The van der Waals surface area contributed by atoms with Crippen LogP contribution in [0.25, 0.3) is 0 Å². The zero-order chi connectivity index (χ0) is 11.7. The molecular weight excluding hydrogens is 222 g/mol. The molecule has 0 N–H and O–H groups in total. The Morgan fingerprint density at radius 1 is 1.56 bits per heavy atom. The Hall–Kier alpha value is -1.02. The van der Waals surface area contributed by atoms with Gasteiger partial charge >= 0.3 is 0 Å². The topological polar surface area (TPSA) is 20.3 Å². The fraction of sp³-hybridized carbons (Fsp3) is 0.462. The number of carbonyl (C=O) groups excluding carboxylic acids is 1. The molecule has 16 heavy (non-hydrogen) atoms. The fourth-order valence-corrected chi connectivity index (χ4v) is 2.72. The van der Waals surface area contributed by atoms with Crippen LogP contribution in [0, 0.1) is 0 Å². The van der Waals surface area contributed by atoms with Gasteiger partial charge in [-0.1, -0.05) is 11.6 Å². The molecule has 1 heterocycles. The summed E-state index contributed by atoms with van der Waals surface area (Å²) in [4.78, 5) is 13.0. The number of nitrogens with zero attached hydrogens (tertiary/aromatic N) is 1. The molecule has 2 rings (SSSR count). The number of benzene rings is 1. The van der Waals surface area contributed by atoms with Gasteiger partial charge in [0.1, 0.15) is 6.29 Å². The van der Waals surface area contributed by atoms with Gasteiger partial charge in [-0.25, -0.2) is 0 Å². The van der Waals surface area contributed by atoms with E-state index in [4.69, 9.17) is 11.6 Å². The standard InChI is InChI=1S/C13H16ClNO/c1-9(2)15-12(5-6-16)8-10-7-11(14)3-4-13(10)15/h3-4,6-7,9,12H,5,8H2,1-2H3. The number of halogens is 1. The summed E-state index contributed by atoms with van der Waals surface area (Å²) in [5.74, 6) is 0. The summed E-state index contributed by atoms with van der Waals surface area (Å²) in [6.07, 6.45) is 2.52. The third-order valence-electron chi connectivity index (χ3n) is 3.09. The van der Waals surface area contributed by atoms with Gasteiger partial charge in [-0.15, -0.1) is 0 Å². The van der Waals surface area contributed by atoms with Gasteiger partial charge in [-0.2, -0.15) is 0 Å². The van der Waals surface area contributed by atoms with E-state index < -0.39 is 0 Å². The molecule has 3 heteroatoms. The minimum atomic E-state index is 0.297. The Kier molecular flexibility index (Phi) is 3.20. The van der Waals surface area contributed by atoms with E-state index in [1.54, 1.807) is 0 Å². The van der Waals surface area contributed by atoms with Crippen molar-refractivity contribution < 1.29 is 4.79 Å². The average molecular weight is 238 g/mol.